The van der Waals surface area contributed by atoms with Gasteiger partial charge in [0.1, 0.15) is 0 Å². The lowest BCUT2D eigenvalue weighted by molar-refractivity contribution is -0.114. The number of sulfonamides is 1. The van der Waals surface area contributed by atoms with E-state index in [0.717, 1.165) is 51.6 Å². The molecule has 2 heterocycles. The summed E-state index contributed by atoms with van der Waals surface area (Å²) >= 11 is -0.417. The zero-order valence-electron chi connectivity index (χ0n) is 16.6. The molecular formula is C19H26F3N3O3S2. The molecule has 2 fully saturated rings. The second-order valence-corrected chi connectivity index (χ2v) is 10.5. The third-order valence-electron chi connectivity index (χ3n) is 5.26. The molecule has 2 saturated heterocycles. The molecule has 0 aromatic heterocycles. The normalized spacial score (nSPS) is 19.0. The number of rotatable bonds is 6. The van der Waals surface area contributed by atoms with Crippen molar-refractivity contribution in [3.05, 3.63) is 18.2 Å². The number of piperidine rings is 2. The molecule has 0 aliphatic carbocycles. The van der Waals surface area contributed by atoms with E-state index in [0.29, 0.717) is 18.8 Å². The van der Waals surface area contributed by atoms with Crippen LogP contribution in [0.1, 0.15) is 38.5 Å². The average Bonchev–Trinajstić information content (AvgIpc) is 2.73. The number of halogens is 3. The molecule has 1 amide bonds. The number of alkyl halides is 3. The molecule has 0 atom stereocenters. The Labute approximate surface area is 179 Å². The number of anilines is 2. The van der Waals surface area contributed by atoms with Crippen LogP contribution in [-0.4, -0.2) is 56.1 Å². The van der Waals surface area contributed by atoms with Gasteiger partial charge in [0.2, 0.25) is 15.9 Å². The van der Waals surface area contributed by atoms with E-state index >= 15 is 0 Å². The fourth-order valence-electron chi connectivity index (χ4n) is 3.77. The van der Waals surface area contributed by atoms with Crippen LogP contribution in [0.3, 0.4) is 0 Å². The highest BCUT2D eigenvalue weighted by atomic mass is 32.2. The molecule has 0 unspecified atom stereocenters. The van der Waals surface area contributed by atoms with Gasteiger partial charge in [-0.2, -0.15) is 17.5 Å². The zero-order valence-corrected chi connectivity index (χ0v) is 18.2. The summed E-state index contributed by atoms with van der Waals surface area (Å²) in [5.41, 5.74) is -3.63. The van der Waals surface area contributed by atoms with E-state index in [1.807, 2.05) is 4.90 Å². The molecule has 0 radical (unpaired) electrons. The average molecular weight is 466 g/mol. The summed E-state index contributed by atoms with van der Waals surface area (Å²) in [5, 5.41) is 2.51. The van der Waals surface area contributed by atoms with Crippen molar-refractivity contribution in [3.8, 4) is 0 Å². The number of amides is 1. The Morgan fingerprint density at radius 1 is 1.00 bits per heavy atom. The molecule has 11 heteroatoms. The van der Waals surface area contributed by atoms with E-state index in [4.69, 9.17) is 0 Å². The van der Waals surface area contributed by atoms with E-state index in [9.17, 15) is 26.4 Å². The largest absolute Gasteiger partial charge is 0.442 e. The van der Waals surface area contributed by atoms with Gasteiger partial charge >= 0.3 is 5.51 Å². The minimum Gasteiger partial charge on any atom is -0.370 e. The van der Waals surface area contributed by atoms with E-state index < -0.39 is 39.0 Å². The first-order chi connectivity index (χ1) is 14.2. The molecular weight excluding hydrogens is 439 g/mol. The molecule has 0 bridgehead atoms. The Hall–Kier alpha value is -1.46. The second-order valence-electron chi connectivity index (χ2n) is 7.47. The Morgan fingerprint density at radius 3 is 2.20 bits per heavy atom. The van der Waals surface area contributed by atoms with Crippen molar-refractivity contribution in [1.29, 1.82) is 0 Å². The Kier molecular flexibility index (Phi) is 7.56. The van der Waals surface area contributed by atoms with Crippen molar-refractivity contribution in [2.75, 3.05) is 42.1 Å². The molecule has 2 aliphatic heterocycles. The van der Waals surface area contributed by atoms with Crippen LogP contribution in [0.5, 0.6) is 0 Å². The predicted molar refractivity (Wildman–Crippen MR) is 112 cm³/mol. The van der Waals surface area contributed by atoms with Crippen LogP contribution in [0.15, 0.2) is 23.1 Å². The van der Waals surface area contributed by atoms with E-state index in [2.05, 4.69) is 5.32 Å². The van der Waals surface area contributed by atoms with Crippen LogP contribution in [0.2, 0.25) is 0 Å². The van der Waals surface area contributed by atoms with E-state index in [-0.39, 0.29) is 10.6 Å². The maximum atomic E-state index is 13.0. The number of carbonyl (C=O) groups is 1. The maximum Gasteiger partial charge on any atom is 0.442 e. The second kappa shape index (κ2) is 9.78. The summed E-state index contributed by atoms with van der Waals surface area (Å²) in [6.07, 6.45) is 5.59. The molecule has 3 rings (SSSR count). The van der Waals surface area contributed by atoms with Gasteiger partial charge in [-0.3, -0.25) is 4.79 Å². The number of hydrogen-bond acceptors (Lipinski definition) is 5. The monoisotopic (exact) mass is 465 g/mol. The fourth-order valence-corrected chi connectivity index (χ4v) is 5.69. The number of thioether (sulfide) groups is 1. The summed E-state index contributed by atoms with van der Waals surface area (Å²) in [5.74, 6) is -1.60. The van der Waals surface area contributed by atoms with Gasteiger partial charge in [0.25, 0.3) is 0 Å². The van der Waals surface area contributed by atoms with E-state index in [1.165, 1.54) is 16.4 Å². The number of carbonyl (C=O) groups excluding carboxylic acids is 1. The van der Waals surface area contributed by atoms with Gasteiger partial charge in [-0.15, -0.1) is 0 Å². The first-order valence-corrected chi connectivity index (χ1v) is 12.5. The lowest BCUT2D eigenvalue weighted by atomic mass is 10.1. The van der Waals surface area contributed by atoms with Gasteiger partial charge < -0.3 is 10.2 Å². The summed E-state index contributed by atoms with van der Waals surface area (Å²) in [6.45, 7) is 2.39. The van der Waals surface area contributed by atoms with Crippen molar-refractivity contribution >= 4 is 39.1 Å². The standard InChI is InChI=1S/C19H26F3N3O3S2/c20-19(21,22)29-14-18(26)23-16-13-15(30(27,28)25-11-5-2-6-12-25)7-8-17(16)24-9-3-1-4-10-24/h7-8,13H,1-6,9-12,14H2,(H,23,26). The molecule has 0 spiro atoms. The molecule has 2 aliphatic rings. The van der Waals surface area contributed by atoms with Crippen molar-refractivity contribution in [1.82, 2.24) is 4.31 Å². The Morgan fingerprint density at radius 2 is 1.60 bits per heavy atom. The number of hydrogen-bond donors (Lipinski definition) is 1. The minimum absolute atomic E-state index is 0.0453. The van der Waals surface area contributed by atoms with Gasteiger partial charge in [0.15, 0.2) is 0 Å². The van der Waals surface area contributed by atoms with Crippen LogP contribution >= 0.6 is 11.8 Å². The molecule has 6 nitrogen and oxygen atoms in total. The van der Waals surface area contributed by atoms with Gasteiger partial charge in [-0.05, 0) is 62.1 Å². The van der Waals surface area contributed by atoms with Crippen LogP contribution < -0.4 is 10.2 Å². The Bertz CT molecular complexity index is 850. The quantitative estimate of drug-likeness (QED) is 0.687. The highest BCUT2D eigenvalue weighted by Crippen LogP contribution is 2.34. The van der Waals surface area contributed by atoms with Crippen molar-refractivity contribution in [2.24, 2.45) is 0 Å². The number of nitrogens with zero attached hydrogens (tertiary/aromatic N) is 2. The van der Waals surface area contributed by atoms with Gasteiger partial charge in [-0.1, -0.05) is 6.42 Å². The molecule has 1 aromatic carbocycles. The SMILES string of the molecule is O=C(CSC(F)(F)F)Nc1cc(S(=O)(=O)N2CCCCC2)ccc1N1CCCCC1. The van der Waals surface area contributed by atoms with E-state index in [1.54, 1.807) is 6.07 Å². The first-order valence-electron chi connectivity index (χ1n) is 10.1. The van der Waals surface area contributed by atoms with Crippen LogP contribution in [-0.2, 0) is 14.8 Å². The van der Waals surface area contributed by atoms with Crippen LogP contribution in [0.4, 0.5) is 24.5 Å². The lowest BCUT2D eigenvalue weighted by Gasteiger charge is -2.31. The summed E-state index contributed by atoms with van der Waals surface area (Å²) in [6, 6.07) is 4.55. The highest BCUT2D eigenvalue weighted by Gasteiger charge is 2.30. The predicted octanol–water partition coefficient (Wildman–Crippen LogP) is 4.04. The minimum atomic E-state index is -4.51. The molecule has 30 heavy (non-hydrogen) atoms. The lowest BCUT2D eigenvalue weighted by Crippen LogP contribution is -2.36. The summed E-state index contributed by atoms with van der Waals surface area (Å²) in [4.78, 5) is 14.2. The van der Waals surface area contributed by atoms with Gasteiger partial charge in [0.05, 0.1) is 22.0 Å². The topological polar surface area (TPSA) is 69.7 Å². The van der Waals surface area contributed by atoms with Crippen molar-refractivity contribution in [2.45, 2.75) is 48.9 Å². The summed E-state index contributed by atoms with van der Waals surface area (Å²) < 4.78 is 64.8. The smallest absolute Gasteiger partial charge is 0.370 e. The molecule has 1 aromatic rings. The third kappa shape index (κ3) is 6.04. The third-order valence-corrected chi connectivity index (χ3v) is 7.89. The highest BCUT2D eigenvalue weighted by molar-refractivity contribution is 8.00. The van der Waals surface area contributed by atoms with Crippen LogP contribution in [0, 0.1) is 0 Å². The van der Waals surface area contributed by atoms with Crippen LogP contribution in [0.25, 0.3) is 0 Å². The molecule has 168 valence electrons. The molecule has 1 N–H and O–H groups in total. The Balaban J connectivity index is 1.87. The first kappa shape index (κ1) is 23.2. The molecule has 0 saturated carbocycles. The number of benzene rings is 1. The van der Waals surface area contributed by atoms with Gasteiger partial charge in [-0.25, -0.2) is 8.42 Å². The van der Waals surface area contributed by atoms with Crippen molar-refractivity contribution in [3.63, 3.8) is 0 Å². The van der Waals surface area contributed by atoms with Gasteiger partial charge in [0, 0.05) is 26.2 Å². The number of nitrogens with one attached hydrogen (secondary N) is 1. The fraction of sp³-hybridized carbons (Fsp3) is 0.632. The summed E-state index contributed by atoms with van der Waals surface area (Å²) in [7, 11) is -3.73. The maximum absolute atomic E-state index is 13.0. The zero-order chi connectivity index (χ0) is 21.8. The van der Waals surface area contributed by atoms with Crippen molar-refractivity contribution < 1.29 is 26.4 Å².